The summed E-state index contributed by atoms with van der Waals surface area (Å²) in [5.41, 5.74) is 3.49. The summed E-state index contributed by atoms with van der Waals surface area (Å²) in [6.07, 6.45) is 8.28. The van der Waals surface area contributed by atoms with Crippen molar-refractivity contribution < 1.29 is 0 Å². The third kappa shape index (κ3) is 3.02. The average molecular weight is 257 g/mol. The number of fused-ring (bicyclic) bond motifs is 1. The van der Waals surface area contributed by atoms with Crippen molar-refractivity contribution >= 4 is 0 Å². The second-order valence-corrected chi connectivity index (χ2v) is 7.16. The van der Waals surface area contributed by atoms with Gasteiger partial charge >= 0.3 is 0 Å². The molecule has 0 heterocycles. The molecule has 2 aliphatic rings. The van der Waals surface area contributed by atoms with Crippen LogP contribution in [0.15, 0.2) is 24.3 Å². The molecule has 0 bridgehead atoms. The summed E-state index contributed by atoms with van der Waals surface area (Å²) in [4.78, 5) is 0. The fourth-order valence-corrected chi connectivity index (χ4v) is 3.50. The Morgan fingerprint density at radius 2 is 2.00 bits per heavy atom. The fourth-order valence-electron chi connectivity index (χ4n) is 3.50. The maximum Gasteiger partial charge on any atom is 0.0374 e. The molecule has 0 aliphatic heterocycles. The third-order valence-corrected chi connectivity index (χ3v) is 5.02. The topological polar surface area (TPSA) is 12.0 Å². The van der Waals surface area contributed by atoms with Gasteiger partial charge in [0.15, 0.2) is 0 Å². The predicted molar refractivity (Wildman–Crippen MR) is 81.2 cm³/mol. The maximum atomic E-state index is 3.85. The van der Waals surface area contributed by atoms with E-state index in [1.165, 1.54) is 45.1 Å². The first-order valence-corrected chi connectivity index (χ1v) is 7.98. The average Bonchev–Trinajstić information content (AvgIpc) is 3.20. The van der Waals surface area contributed by atoms with E-state index in [0.717, 1.165) is 5.92 Å². The molecule has 0 amide bonds. The summed E-state index contributed by atoms with van der Waals surface area (Å²) in [5, 5.41) is 3.85. The van der Waals surface area contributed by atoms with E-state index in [1.54, 1.807) is 11.1 Å². The summed E-state index contributed by atoms with van der Waals surface area (Å²) < 4.78 is 0. The van der Waals surface area contributed by atoms with E-state index in [0.29, 0.717) is 11.5 Å². The minimum absolute atomic E-state index is 0.383. The van der Waals surface area contributed by atoms with E-state index in [4.69, 9.17) is 0 Å². The number of aryl methyl sites for hydroxylation is 1. The first-order valence-electron chi connectivity index (χ1n) is 7.98. The Hall–Kier alpha value is -0.820. The highest BCUT2D eigenvalue weighted by Crippen LogP contribution is 2.43. The number of hydrogen-bond donors (Lipinski definition) is 1. The van der Waals surface area contributed by atoms with Crippen molar-refractivity contribution in [3.05, 3.63) is 35.4 Å². The molecule has 19 heavy (non-hydrogen) atoms. The fraction of sp³-hybridized carbons (Fsp3) is 0.667. The molecule has 0 saturated heterocycles. The summed E-state index contributed by atoms with van der Waals surface area (Å²) in [6, 6.07) is 9.55. The number of hydrogen-bond acceptors (Lipinski definition) is 1. The summed E-state index contributed by atoms with van der Waals surface area (Å²) in [5.74, 6) is 1.06. The van der Waals surface area contributed by atoms with Crippen molar-refractivity contribution in [2.24, 2.45) is 11.3 Å². The van der Waals surface area contributed by atoms with Crippen LogP contribution in [0.3, 0.4) is 0 Å². The molecule has 1 nitrogen and oxygen atoms in total. The lowest BCUT2D eigenvalue weighted by atomic mass is 9.70. The lowest BCUT2D eigenvalue weighted by Crippen LogP contribution is -2.38. The number of nitrogens with one attached hydrogen (secondary N) is 1. The van der Waals surface area contributed by atoms with E-state index in [2.05, 4.69) is 43.4 Å². The Morgan fingerprint density at radius 3 is 2.79 bits per heavy atom. The van der Waals surface area contributed by atoms with Gasteiger partial charge in [-0.2, -0.15) is 0 Å². The second kappa shape index (κ2) is 5.28. The van der Waals surface area contributed by atoms with Crippen LogP contribution in [0.5, 0.6) is 0 Å². The van der Waals surface area contributed by atoms with Gasteiger partial charge in [-0.3, -0.25) is 0 Å². The minimum atomic E-state index is 0.383. The molecule has 104 valence electrons. The largest absolute Gasteiger partial charge is 0.309 e. The van der Waals surface area contributed by atoms with E-state index >= 15 is 0 Å². The highest BCUT2D eigenvalue weighted by atomic mass is 14.9. The van der Waals surface area contributed by atoms with Crippen LogP contribution >= 0.6 is 0 Å². The van der Waals surface area contributed by atoms with Gasteiger partial charge in [-0.05, 0) is 54.7 Å². The van der Waals surface area contributed by atoms with Gasteiger partial charge in [-0.25, -0.2) is 0 Å². The Kier molecular flexibility index (Phi) is 3.66. The van der Waals surface area contributed by atoms with Crippen LogP contribution in [0.2, 0.25) is 0 Å². The van der Waals surface area contributed by atoms with Crippen molar-refractivity contribution in [3.8, 4) is 0 Å². The molecule has 1 atom stereocenters. The first-order chi connectivity index (χ1) is 9.17. The molecule has 1 heteroatoms. The highest BCUT2D eigenvalue weighted by molar-refractivity contribution is 5.34. The highest BCUT2D eigenvalue weighted by Gasteiger charge is 2.35. The van der Waals surface area contributed by atoms with E-state index < -0.39 is 0 Å². The molecule has 1 aromatic carbocycles. The zero-order chi connectivity index (χ0) is 13.3. The molecular weight excluding hydrogens is 230 g/mol. The van der Waals surface area contributed by atoms with Crippen molar-refractivity contribution in [1.29, 1.82) is 0 Å². The molecule has 0 spiro atoms. The standard InChI is InChI=1S/C18H27N/c1-18(2)12-11-15-7-3-4-8-16(15)17(18)19-13-5-6-14-9-10-14/h3-4,7-8,14,17,19H,5-6,9-13H2,1-2H3. The Balaban J connectivity index is 1.65. The van der Waals surface area contributed by atoms with Crippen LogP contribution in [0.1, 0.15) is 63.1 Å². The monoisotopic (exact) mass is 257 g/mol. The maximum absolute atomic E-state index is 3.85. The van der Waals surface area contributed by atoms with E-state index in [9.17, 15) is 0 Å². The molecule has 1 unspecified atom stereocenters. The van der Waals surface area contributed by atoms with Crippen molar-refractivity contribution in [1.82, 2.24) is 5.32 Å². The van der Waals surface area contributed by atoms with Gasteiger partial charge < -0.3 is 5.32 Å². The molecule has 3 rings (SSSR count). The summed E-state index contributed by atoms with van der Waals surface area (Å²) >= 11 is 0. The second-order valence-electron chi connectivity index (χ2n) is 7.16. The molecule has 0 radical (unpaired) electrons. The lowest BCUT2D eigenvalue weighted by Gasteiger charge is -2.40. The van der Waals surface area contributed by atoms with Crippen LogP contribution in [0.25, 0.3) is 0 Å². The molecule has 1 saturated carbocycles. The van der Waals surface area contributed by atoms with Crippen LogP contribution in [0, 0.1) is 11.3 Å². The summed E-state index contributed by atoms with van der Waals surface area (Å²) in [7, 11) is 0. The lowest BCUT2D eigenvalue weighted by molar-refractivity contribution is 0.208. The SMILES string of the molecule is CC1(C)CCc2ccccc2C1NCCCC1CC1. The molecule has 2 aliphatic carbocycles. The van der Waals surface area contributed by atoms with Crippen molar-refractivity contribution in [3.63, 3.8) is 0 Å². The first kappa shape index (κ1) is 13.2. The Labute approximate surface area is 117 Å². The van der Waals surface area contributed by atoms with Gasteiger partial charge in [0.05, 0.1) is 0 Å². The van der Waals surface area contributed by atoms with Gasteiger partial charge in [0.2, 0.25) is 0 Å². The Bertz CT molecular complexity index is 431. The number of rotatable bonds is 5. The van der Waals surface area contributed by atoms with E-state index in [1.807, 2.05) is 0 Å². The van der Waals surface area contributed by atoms with Crippen molar-refractivity contribution in [2.75, 3.05) is 6.54 Å². The number of benzene rings is 1. The van der Waals surface area contributed by atoms with Crippen LogP contribution < -0.4 is 5.32 Å². The van der Waals surface area contributed by atoms with Gasteiger partial charge in [0, 0.05) is 6.04 Å². The van der Waals surface area contributed by atoms with Crippen LogP contribution in [-0.4, -0.2) is 6.54 Å². The minimum Gasteiger partial charge on any atom is -0.309 e. The molecule has 1 fully saturated rings. The van der Waals surface area contributed by atoms with Gasteiger partial charge in [0.25, 0.3) is 0 Å². The van der Waals surface area contributed by atoms with Gasteiger partial charge in [-0.1, -0.05) is 51.0 Å². The molecular formula is C18H27N. The van der Waals surface area contributed by atoms with Crippen molar-refractivity contribution in [2.45, 2.75) is 58.4 Å². The van der Waals surface area contributed by atoms with Crippen LogP contribution in [0.4, 0.5) is 0 Å². The van der Waals surface area contributed by atoms with E-state index in [-0.39, 0.29) is 0 Å². The quantitative estimate of drug-likeness (QED) is 0.767. The molecule has 1 aromatic rings. The third-order valence-electron chi connectivity index (χ3n) is 5.02. The predicted octanol–water partition coefficient (Wildman–Crippen LogP) is 4.48. The molecule has 1 N–H and O–H groups in total. The van der Waals surface area contributed by atoms with Gasteiger partial charge in [-0.15, -0.1) is 0 Å². The van der Waals surface area contributed by atoms with Crippen LogP contribution in [-0.2, 0) is 6.42 Å². The summed E-state index contributed by atoms with van der Waals surface area (Å²) in [6.45, 7) is 6.02. The zero-order valence-electron chi connectivity index (χ0n) is 12.4. The Morgan fingerprint density at radius 1 is 1.21 bits per heavy atom. The van der Waals surface area contributed by atoms with Gasteiger partial charge in [0.1, 0.15) is 0 Å². The molecule has 0 aromatic heterocycles. The smallest absolute Gasteiger partial charge is 0.0374 e. The normalized spacial score (nSPS) is 25.1. The zero-order valence-corrected chi connectivity index (χ0v) is 12.4.